The smallest absolute Gasteiger partial charge is 0.0509 e. The van der Waals surface area contributed by atoms with Crippen LogP contribution in [0.15, 0.2) is 24.3 Å². The zero-order chi connectivity index (χ0) is 13.8. The minimum atomic E-state index is 0.612. The number of benzene rings is 1. The average molecular weight is 282 g/mol. The van der Waals surface area contributed by atoms with Crippen LogP contribution in [0.4, 0.5) is 0 Å². The number of ether oxygens (including phenoxy) is 1. The molecule has 1 aromatic carbocycles. The molecule has 0 radical (unpaired) electrons. The zero-order valence-electron chi connectivity index (χ0n) is 12.3. The maximum absolute atomic E-state index is 5.70. The molecule has 2 fully saturated rings. The van der Waals surface area contributed by atoms with Crippen molar-refractivity contribution in [3.63, 3.8) is 0 Å². The number of hydrogen-bond donors (Lipinski definition) is 1. The molecule has 3 nitrogen and oxygen atoms in total. The van der Waals surface area contributed by atoms with Crippen LogP contribution >= 0.6 is 0 Å². The summed E-state index contributed by atoms with van der Waals surface area (Å²) in [5.74, 6) is 1.62. The first kappa shape index (κ1) is 12.2. The first-order valence-electron chi connectivity index (χ1n) is 8.31. The Labute approximate surface area is 125 Å². The van der Waals surface area contributed by atoms with Gasteiger partial charge >= 0.3 is 0 Å². The van der Waals surface area contributed by atoms with Crippen molar-refractivity contribution in [2.24, 2.45) is 11.8 Å². The predicted octanol–water partition coefficient (Wildman–Crippen LogP) is 3.12. The fraction of sp³-hybridized carbons (Fsp3) is 0.556. The first-order chi connectivity index (χ1) is 10.4. The molecular weight excluding hydrogens is 260 g/mol. The van der Waals surface area contributed by atoms with E-state index in [0.29, 0.717) is 6.04 Å². The van der Waals surface area contributed by atoms with Gasteiger partial charge in [0.15, 0.2) is 0 Å². The van der Waals surface area contributed by atoms with E-state index in [1.807, 2.05) is 0 Å². The standard InChI is InChI=1S/C18H22N2O/c1-2-4-16-14(3-1)15-5-7-20-10-13-11-21-8-6-12(13)9-17(20)18(15)19-16/h1-4,12-13,17,19H,5-11H2/t12-,13+,17?/m0/s1. The molecule has 1 unspecified atom stereocenters. The number of aromatic amines is 1. The van der Waals surface area contributed by atoms with Crippen molar-refractivity contribution < 1.29 is 4.74 Å². The minimum Gasteiger partial charge on any atom is -0.381 e. The molecule has 1 N–H and O–H groups in total. The molecule has 0 amide bonds. The molecule has 3 aliphatic heterocycles. The molecule has 2 aromatic rings. The van der Waals surface area contributed by atoms with E-state index in [1.54, 1.807) is 5.56 Å². The van der Waals surface area contributed by atoms with Gasteiger partial charge in [0.1, 0.15) is 0 Å². The van der Waals surface area contributed by atoms with Crippen LogP contribution in [0.5, 0.6) is 0 Å². The highest BCUT2D eigenvalue weighted by atomic mass is 16.5. The summed E-state index contributed by atoms with van der Waals surface area (Å²) < 4.78 is 5.70. The van der Waals surface area contributed by atoms with E-state index in [-0.39, 0.29) is 0 Å². The lowest BCUT2D eigenvalue weighted by molar-refractivity contribution is -0.0473. The fourth-order valence-corrected chi connectivity index (χ4v) is 4.80. The average Bonchev–Trinajstić information content (AvgIpc) is 2.92. The number of rotatable bonds is 0. The molecule has 0 aliphatic carbocycles. The third kappa shape index (κ3) is 1.80. The Balaban J connectivity index is 1.56. The number of H-pyrrole nitrogens is 1. The summed E-state index contributed by atoms with van der Waals surface area (Å²) in [6.07, 6.45) is 3.76. The Morgan fingerprint density at radius 1 is 1.19 bits per heavy atom. The number of para-hydroxylation sites is 1. The molecule has 3 atom stereocenters. The van der Waals surface area contributed by atoms with Crippen LogP contribution in [0, 0.1) is 11.8 Å². The molecule has 3 heteroatoms. The van der Waals surface area contributed by atoms with Crippen molar-refractivity contribution in [1.29, 1.82) is 0 Å². The van der Waals surface area contributed by atoms with Crippen molar-refractivity contribution >= 4 is 10.9 Å². The van der Waals surface area contributed by atoms with Crippen molar-refractivity contribution in [1.82, 2.24) is 9.88 Å². The molecule has 5 rings (SSSR count). The molecule has 4 heterocycles. The SMILES string of the molecule is c1ccc2c3c([nH]c2c1)C1C[C@@H]2CCOC[C@H]2CN1CC3. The molecule has 0 bridgehead atoms. The van der Waals surface area contributed by atoms with Gasteiger partial charge in [0.05, 0.1) is 12.6 Å². The Bertz CT molecular complexity index is 677. The van der Waals surface area contributed by atoms with Gasteiger partial charge < -0.3 is 9.72 Å². The zero-order valence-corrected chi connectivity index (χ0v) is 12.3. The topological polar surface area (TPSA) is 28.3 Å². The van der Waals surface area contributed by atoms with Crippen molar-refractivity contribution in [2.45, 2.75) is 25.3 Å². The monoisotopic (exact) mass is 282 g/mol. The highest BCUT2D eigenvalue weighted by molar-refractivity contribution is 5.85. The summed E-state index contributed by atoms with van der Waals surface area (Å²) in [5.41, 5.74) is 4.41. The number of fused-ring (bicyclic) bond motifs is 6. The van der Waals surface area contributed by atoms with Crippen molar-refractivity contribution in [3.8, 4) is 0 Å². The van der Waals surface area contributed by atoms with E-state index < -0.39 is 0 Å². The molecule has 0 spiro atoms. The van der Waals surface area contributed by atoms with E-state index in [9.17, 15) is 0 Å². The summed E-state index contributed by atoms with van der Waals surface area (Å²) in [5, 5.41) is 1.45. The second-order valence-electron chi connectivity index (χ2n) is 6.94. The van der Waals surface area contributed by atoms with E-state index in [0.717, 1.165) is 25.0 Å². The molecule has 1 aromatic heterocycles. The van der Waals surface area contributed by atoms with Crippen molar-refractivity contribution in [3.05, 3.63) is 35.5 Å². The normalized spacial score (nSPS) is 32.5. The van der Waals surface area contributed by atoms with E-state index in [1.165, 1.54) is 48.9 Å². The fourth-order valence-electron chi connectivity index (χ4n) is 4.80. The number of piperidine rings is 1. The molecule has 110 valence electrons. The van der Waals surface area contributed by atoms with Crippen LogP contribution in [-0.4, -0.2) is 36.2 Å². The number of hydrogen-bond acceptors (Lipinski definition) is 2. The quantitative estimate of drug-likeness (QED) is 0.804. The lowest BCUT2D eigenvalue weighted by Gasteiger charge is -2.47. The third-order valence-electron chi connectivity index (χ3n) is 5.90. The molecule has 21 heavy (non-hydrogen) atoms. The molecular formula is C18H22N2O. The summed E-state index contributed by atoms with van der Waals surface area (Å²) in [4.78, 5) is 6.44. The second kappa shape index (κ2) is 4.59. The van der Waals surface area contributed by atoms with Gasteiger partial charge in [0.25, 0.3) is 0 Å². The number of nitrogens with one attached hydrogen (secondary N) is 1. The minimum absolute atomic E-state index is 0.612. The van der Waals surface area contributed by atoms with Gasteiger partial charge in [-0.15, -0.1) is 0 Å². The Kier molecular flexibility index (Phi) is 2.67. The Morgan fingerprint density at radius 2 is 2.14 bits per heavy atom. The van der Waals surface area contributed by atoms with Gasteiger partial charge in [-0.3, -0.25) is 4.90 Å². The largest absolute Gasteiger partial charge is 0.381 e. The number of nitrogens with zero attached hydrogens (tertiary/aromatic N) is 1. The lowest BCUT2D eigenvalue weighted by atomic mass is 9.76. The van der Waals surface area contributed by atoms with Gasteiger partial charge in [-0.25, -0.2) is 0 Å². The van der Waals surface area contributed by atoms with Crippen molar-refractivity contribution in [2.75, 3.05) is 26.3 Å². The van der Waals surface area contributed by atoms with Crippen LogP contribution in [-0.2, 0) is 11.2 Å². The van der Waals surface area contributed by atoms with Gasteiger partial charge in [0.2, 0.25) is 0 Å². The van der Waals surface area contributed by atoms with E-state index in [2.05, 4.69) is 34.1 Å². The highest BCUT2D eigenvalue weighted by Gasteiger charge is 2.41. The predicted molar refractivity (Wildman–Crippen MR) is 83.3 cm³/mol. The second-order valence-corrected chi connectivity index (χ2v) is 6.94. The maximum atomic E-state index is 5.70. The van der Waals surface area contributed by atoms with Gasteiger partial charge in [-0.05, 0) is 42.7 Å². The van der Waals surface area contributed by atoms with E-state index in [4.69, 9.17) is 4.74 Å². The van der Waals surface area contributed by atoms with Gasteiger partial charge in [-0.2, -0.15) is 0 Å². The molecule has 2 saturated heterocycles. The summed E-state index contributed by atoms with van der Waals surface area (Å²) in [6, 6.07) is 9.41. The Morgan fingerprint density at radius 3 is 3.14 bits per heavy atom. The highest BCUT2D eigenvalue weighted by Crippen LogP contribution is 2.44. The first-order valence-corrected chi connectivity index (χ1v) is 8.31. The summed E-state index contributed by atoms with van der Waals surface area (Å²) in [6.45, 7) is 4.38. The van der Waals surface area contributed by atoms with Crippen LogP contribution in [0.1, 0.15) is 30.1 Å². The Hall–Kier alpha value is -1.32. The van der Waals surface area contributed by atoms with Gasteiger partial charge in [-0.1, -0.05) is 18.2 Å². The third-order valence-corrected chi connectivity index (χ3v) is 5.90. The van der Waals surface area contributed by atoms with Gasteiger partial charge in [0, 0.05) is 36.3 Å². The number of aromatic nitrogens is 1. The summed E-state index contributed by atoms with van der Waals surface area (Å²) >= 11 is 0. The maximum Gasteiger partial charge on any atom is 0.0509 e. The van der Waals surface area contributed by atoms with E-state index >= 15 is 0 Å². The van der Waals surface area contributed by atoms with Crippen LogP contribution < -0.4 is 0 Å². The lowest BCUT2D eigenvalue weighted by Crippen LogP contribution is -2.48. The molecule has 0 saturated carbocycles. The van der Waals surface area contributed by atoms with Crippen LogP contribution in [0.2, 0.25) is 0 Å². The van der Waals surface area contributed by atoms with Crippen LogP contribution in [0.25, 0.3) is 10.9 Å². The van der Waals surface area contributed by atoms with Crippen LogP contribution in [0.3, 0.4) is 0 Å². The molecule has 3 aliphatic rings. The summed E-state index contributed by atoms with van der Waals surface area (Å²) in [7, 11) is 0.